The minimum atomic E-state index is 0. The number of likely N-dealkylation sites (N-methyl/N-ethyl adjacent to an activating group) is 1. The summed E-state index contributed by atoms with van der Waals surface area (Å²) in [5.41, 5.74) is 5.45. The molecule has 1 aliphatic heterocycles. The summed E-state index contributed by atoms with van der Waals surface area (Å²) in [5.74, 6) is 1.95. The van der Waals surface area contributed by atoms with Gasteiger partial charge in [-0.1, -0.05) is 0 Å². The zero-order valence-corrected chi connectivity index (χ0v) is 12.3. The van der Waals surface area contributed by atoms with Gasteiger partial charge in [0.15, 0.2) is 0 Å². The summed E-state index contributed by atoms with van der Waals surface area (Å²) in [7, 11) is 2.14. The molecular formula is C11H22Cl2N4O. The first kappa shape index (κ1) is 17.6. The molecule has 5 nitrogen and oxygen atoms in total. The van der Waals surface area contributed by atoms with Crippen molar-refractivity contribution in [1.29, 1.82) is 0 Å². The second-order valence-electron chi connectivity index (χ2n) is 4.53. The summed E-state index contributed by atoms with van der Waals surface area (Å²) >= 11 is 0. The van der Waals surface area contributed by atoms with Crippen LogP contribution in [0, 0.1) is 0 Å². The molecule has 0 radical (unpaired) electrons. The van der Waals surface area contributed by atoms with Gasteiger partial charge in [0.25, 0.3) is 0 Å². The summed E-state index contributed by atoms with van der Waals surface area (Å²) in [6, 6.07) is 0. The van der Waals surface area contributed by atoms with Gasteiger partial charge in [-0.15, -0.1) is 35.0 Å². The normalized spacial score (nSPS) is 20.0. The van der Waals surface area contributed by atoms with Crippen LogP contribution < -0.4 is 5.73 Å². The zero-order chi connectivity index (χ0) is 11.4. The van der Waals surface area contributed by atoms with E-state index < -0.39 is 0 Å². The Hall–Kier alpha value is -0.360. The first-order chi connectivity index (χ1) is 7.79. The molecule has 0 aliphatic carbocycles. The van der Waals surface area contributed by atoms with Crippen LogP contribution in [0.2, 0.25) is 0 Å². The Labute approximate surface area is 120 Å². The number of aromatic nitrogens is 2. The minimum absolute atomic E-state index is 0. The number of rotatable bonds is 4. The highest BCUT2D eigenvalue weighted by molar-refractivity contribution is 5.85. The molecule has 1 aromatic rings. The second kappa shape index (κ2) is 8.69. The molecule has 2 heterocycles. The second-order valence-corrected chi connectivity index (χ2v) is 4.53. The van der Waals surface area contributed by atoms with Crippen LogP contribution in [0.5, 0.6) is 0 Å². The SMILES string of the molecule is CN1CCCC(c2nnc(CCCN)o2)C1.Cl.Cl. The Morgan fingerprint density at radius 3 is 2.83 bits per heavy atom. The molecular weight excluding hydrogens is 275 g/mol. The lowest BCUT2D eigenvalue weighted by Gasteiger charge is -2.27. The molecule has 18 heavy (non-hydrogen) atoms. The predicted octanol–water partition coefficient (Wildman–Crippen LogP) is 1.61. The van der Waals surface area contributed by atoms with Crippen molar-refractivity contribution < 1.29 is 4.42 Å². The van der Waals surface area contributed by atoms with E-state index in [-0.39, 0.29) is 24.8 Å². The summed E-state index contributed by atoms with van der Waals surface area (Å²) in [5, 5.41) is 8.21. The van der Waals surface area contributed by atoms with E-state index in [4.69, 9.17) is 10.2 Å². The van der Waals surface area contributed by atoms with Crippen LogP contribution in [0.4, 0.5) is 0 Å². The van der Waals surface area contributed by atoms with Crippen LogP contribution in [0.15, 0.2) is 4.42 Å². The molecule has 106 valence electrons. The fraction of sp³-hybridized carbons (Fsp3) is 0.818. The molecule has 0 spiro atoms. The maximum atomic E-state index is 5.67. The summed E-state index contributed by atoms with van der Waals surface area (Å²) in [6.45, 7) is 2.87. The lowest BCUT2D eigenvalue weighted by Crippen LogP contribution is -2.30. The van der Waals surface area contributed by atoms with Gasteiger partial charge in [0, 0.05) is 13.0 Å². The van der Waals surface area contributed by atoms with Gasteiger partial charge in [-0.3, -0.25) is 0 Å². The fourth-order valence-corrected chi connectivity index (χ4v) is 2.15. The lowest BCUT2D eigenvalue weighted by molar-refractivity contribution is 0.228. The molecule has 0 aromatic carbocycles. The van der Waals surface area contributed by atoms with Gasteiger partial charge in [0.2, 0.25) is 11.8 Å². The van der Waals surface area contributed by atoms with Gasteiger partial charge in [0.05, 0.1) is 5.92 Å². The van der Waals surface area contributed by atoms with Gasteiger partial charge in [-0.05, 0) is 39.4 Å². The predicted molar refractivity (Wildman–Crippen MR) is 75.6 cm³/mol. The quantitative estimate of drug-likeness (QED) is 0.914. The zero-order valence-electron chi connectivity index (χ0n) is 10.7. The van der Waals surface area contributed by atoms with Crippen molar-refractivity contribution in [3.05, 3.63) is 11.8 Å². The van der Waals surface area contributed by atoms with E-state index in [1.807, 2.05) is 0 Å². The number of halogens is 2. The third-order valence-corrected chi connectivity index (χ3v) is 3.05. The summed E-state index contributed by atoms with van der Waals surface area (Å²) in [4.78, 5) is 2.32. The molecule has 1 saturated heterocycles. The van der Waals surface area contributed by atoms with Gasteiger partial charge in [0.1, 0.15) is 0 Å². The van der Waals surface area contributed by atoms with E-state index in [0.717, 1.165) is 37.6 Å². The van der Waals surface area contributed by atoms with Crippen molar-refractivity contribution in [1.82, 2.24) is 15.1 Å². The maximum Gasteiger partial charge on any atom is 0.220 e. The molecule has 1 unspecified atom stereocenters. The Kier molecular flexibility index (Phi) is 8.52. The molecule has 7 heteroatoms. The Morgan fingerprint density at radius 2 is 2.17 bits per heavy atom. The highest BCUT2D eigenvalue weighted by atomic mass is 35.5. The highest BCUT2D eigenvalue weighted by Gasteiger charge is 2.23. The standard InChI is InChI=1S/C11H20N4O.2ClH/c1-15-7-3-4-9(8-15)11-14-13-10(16-11)5-2-6-12;;/h9H,2-8,12H2,1H3;2*1H. The van der Waals surface area contributed by atoms with Crippen LogP contribution in [0.1, 0.15) is 37.0 Å². The Bertz CT molecular complexity index is 335. The van der Waals surface area contributed by atoms with E-state index in [1.165, 1.54) is 13.0 Å². The van der Waals surface area contributed by atoms with E-state index in [9.17, 15) is 0 Å². The largest absolute Gasteiger partial charge is 0.425 e. The molecule has 1 atom stereocenters. The van der Waals surface area contributed by atoms with Gasteiger partial charge < -0.3 is 15.1 Å². The fourth-order valence-electron chi connectivity index (χ4n) is 2.15. The smallest absolute Gasteiger partial charge is 0.220 e. The molecule has 2 N–H and O–H groups in total. The lowest BCUT2D eigenvalue weighted by atomic mass is 9.99. The van der Waals surface area contributed by atoms with Gasteiger partial charge in [-0.25, -0.2) is 0 Å². The molecule has 0 amide bonds. The van der Waals surface area contributed by atoms with Gasteiger partial charge in [-0.2, -0.15) is 0 Å². The monoisotopic (exact) mass is 296 g/mol. The van der Waals surface area contributed by atoms with Crippen molar-refractivity contribution in [2.75, 3.05) is 26.7 Å². The number of likely N-dealkylation sites (tertiary alicyclic amines) is 1. The first-order valence-electron chi connectivity index (χ1n) is 6.00. The van der Waals surface area contributed by atoms with Crippen LogP contribution in [0.25, 0.3) is 0 Å². The van der Waals surface area contributed by atoms with E-state index >= 15 is 0 Å². The molecule has 0 bridgehead atoms. The number of hydrogen-bond acceptors (Lipinski definition) is 5. The topological polar surface area (TPSA) is 68.2 Å². The van der Waals surface area contributed by atoms with Crippen LogP contribution in [-0.4, -0.2) is 41.8 Å². The van der Waals surface area contributed by atoms with Crippen molar-refractivity contribution in [2.24, 2.45) is 5.73 Å². The third-order valence-electron chi connectivity index (χ3n) is 3.05. The Balaban J connectivity index is 0.00000144. The Morgan fingerprint density at radius 1 is 1.39 bits per heavy atom. The minimum Gasteiger partial charge on any atom is -0.425 e. The highest BCUT2D eigenvalue weighted by Crippen LogP contribution is 2.25. The van der Waals surface area contributed by atoms with Crippen molar-refractivity contribution in [2.45, 2.75) is 31.6 Å². The van der Waals surface area contributed by atoms with Crippen molar-refractivity contribution >= 4 is 24.8 Å². The molecule has 0 saturated carbocycles. The van der Waals surface area contributed by atoms with Crippen LogP contribution >= 0.6 is 24.8 Å². The van der Waals surface area contributed by atoms with Crippen LogP contribution in [-0.2, 0) is 6.42 Å². The van der Waals surface area contributed by atoms with E-state index in [1.54, 1.807) is 0 Å². The van der Waals surface area contributed by atoms with E-state index in [2.05, 4.69) is 22.1 Å². The van der Waals surface area contributed by atoms with E-state index in [0.29, 0.717) is 12.5 Å². The average molecular weight is 297 g/mol. The van der Waals surface area contributed by atoms with Gasteiger partial charge >= 0.3 is 0 Å². The number of nitrogens with two attached hydrogens (primary N) is 1. The maximum absolute atomic E-state index is 5.67. The summed E-state index contributed by atoms with van der Waals surface area (Å²) in [6.07, 6.45) is 4.07. The average Bonchev–Trinajstić information content (AvgIpc) is 2.75. The van der Waals surface area contributed by atoms with Crippen molar-refractivity contribution in [3.63, 3.8) is 0 Å². The summed E-state index contributed by atoms with van der Waals surface area (Å²) < 4.78 is 5.67. The number of nitrogens with zero attached hydrogens (tertiary/aromatic N) is 3. The van der Waals surface area contributed by atoms with Crippen molar-refractivity contribution in [3.8, 4) is 0 Å². The van der Waals surface area contributed by atoms with Crippen LogP contribution in [0.3, 0.4) is 0 Å². The number of aryl methyl sites for hydroxylation is 1. The molecule has 1 aliphatic rings. The molecule has 1 aromatic heterocycles. The molecule has 2 rings (SSSR count). The number of piperidine rings is 1. The molecule has 1 fully saturated rings. The first-order valence-corrected chi connectivity index (χ1v) is 6.00. The third kappa shape index (κ3) is 4.72. The number of hydrogen-bond donors (Lipinski definition) is 1.